The maximum atomic E-state index is 12.2. The van der Waals surface area contributed by atoms with E-state index in [-0.39, 0.29) is 17.7 Å². The highest BCUT2D eigenvalue weighted by atomic mass is 32.1. The molecule has 3 rings (SSSR count). The van der Waals surface area contributed by atoms with Crippen LogP contribution in [0.25, 0.3) is 9.88 Å². The predicted molar refractivity (Wildman–Crippen MR) is 98.6 cm³/mol. The van der Waals surface area contributed by atoms with Crippen molar-refractivity contribution in [2.45, 2.75) is 32.6 Å². The number of hydrogen-bond donors (Lipinski definition) is 1. The predicted octanol–water partition coefficient (Wildman–Crippen LogP) is 4.81. The molecular formula is C16H17N3OS3. The second-order valence-electron chi connectivity index (χ2n) is 6.13. The first-order valence-electron chi connectivity index (χ1n) is 7.16. The number of amides is 1. The number of carbonyl (C=O) groups excluding carboxylic acids is 1. The molecule has 0 aliphatic rings. The standard InChI is InChI=1S/C16H17N3OS3/c1-16(2,3)12-9-23-15(18-12)19-13(20)7-10-8-22-14(17-10)11-5-4-6-21-11/h4-6,8-9H,7H2,1-3H3,(H,18,19,20). The largest absolute Gasteiger partial charge is 0.302 e. The Morgan fingerprint density at radius 3 is 2.65 bits per heavy atom. The van der Waals surface area contributed by atoms with Crippen molar-refractivity contribution in [1.29, 1.82) is 0 Å². The molecule has 0 radical (unpaired) electrons. The molecule has 0 saturated carbocycles. The fourth-order valence-corrected chi connectivity index (χ4v) is 4.49. The van der Waals surface area contributed by atoms with E-state index in [0.29, 0.717) is 5.13 Å². The normalized spacial score (nSPS) is 11.6. The highest BCUT2D eigenvalue weighted by Crippen LogP contribution is 2.28. The first-order chi connectivity index (χ1) is 10.9. The van der Waals surface area contributed by atoms with E-state index in [0.717, 1.165) is 21.3 Å². The van der Waals surface area contributed by atoms with E-state index in [4.69, 9.17) is 0 Å². The third-order valence-corrected chi connectivity index (χ3v) is 5.83. The molecule has 0 unspecified atom stereocenters. The van der Waals surface area contributed by atoms with Crippen LogP contribution >= 0.6 is 34.0 Å². The van der Waals surface area contributed by atoms with Gasteiger partial charge >= 0.3 is 0 Å². The third-order valence-electron chi connectivity index (χ3n) is 3.14. The lowest BCUT2D eigenvalue weighted by molar-refractivity contribution is -0.115. The number of nitrogens with zero attached hydrogens (tertiary/aromatic N) is 2. The Morgan fingerprint density at radius 2 is 2.00 bits per heavy atom. The molecule has 1 amide bonds. The molecular weight excluding hydrogens is 346 g/mol. The topological polar surface area (TPSA) is 54.9 Å². The fraction of sp³-hybridized carbons (Fsp3) is 0.312. The molecule has 7 heteroatoms. The van der Waals surface area contributed by atoms with Crippen LogP contribution in [0.4, 0.5) is 5.13 Å². The molecule has 0 saturated heterocycles. The van der Waals surface area contributed by atoms with Crippen LogP contribution in [0.15, 0.2) is 28.3 Å². The Labute approximate surface area is 147 Å². The van der Waals surface area contributed by atoms with Gasteiger partial charge in [-0.05, 0) is 11.4 Å². The zero-order valence-corrected chi connectivity index (χ0v) is 15.6. The van der Waals surface area contributed by atoms with Crippen LogP contribution in [0.2, 0.25) is 0 Å². The van der Waals surface area contributed by atoms with Crippen molar-refractivity contribution in [2.24, 2.45) is 0 Å². The Bertz CT molecular complexity index is 797. The van der Waals surface area contributed by atoms with Gasteiger partial charge in [-0.15, -0.1) is 34.0 Å². The third kappa shape index (κ3) is 4.04. The van der Waals surface area contributed by atoms with Crippen molar-refractivity contribution in [1.82, 2.24) is 9.97 Å². The monoisotopic (exact) mass is 363 g/mol. The van der Waals surface area contributed by atoms with Crippen LogP contribution in [0.1, 0.15) is 32.2 Å². The van der Waals surface area contributed by atoms with Gasteiger partial charge in [-0.25, -0.2) is 9.97 Å². The quantitative estimate of drug-likeness (QED) is 0.724. The van der Waals surface area contributed by atoms with Gasteiger partial charge in [-0.3, -0.25) is 4.79 Å². The molecule has 0 bridgehead atoms. The van der Waals surface area contributed by atoms with E-state index in [2.05, 4.69) is 36.1 Å². The summed E-state index contributed by atoms with van der Waals surface area (Å²) < 4.78 is 0. The Balaban J connectivity index is 1.62. The van der Waals surface area contributed by atoms with Crippen molar-refractivity contribution in [3.63, 3.8) is 0 Å². The van der Waals surface area contributed by atoms with Gasteiger partial charge in [0.2, 0.25) is 5.91 Å². The number of rotatable bonds is 4. The maximum absolute atomic E-state index is 12.2. The lowest BCUT2D eigenvalue weighted by Crippen LogP contribution is -2.16. The number of thiazole rings is 2. The first kappa shape index (κ1) is 16.3. The summed E-state index contributed by atoms with van der Waals surface area (Å²) in [7, 11) is 0. The van der Waals surface area contributed by atoms with Gasteiger partial charge in [-0.2, -0.15) is 0 Å². The van der Waals surface area contributed by atoms with Crippen molar-refractivity contribution in [2.75, 3.05) is 5.32 Å². The van der Waals surface area contributed by atoms with Gasteiger partial charge in [-0.1, -0.05) is 26.8 Å². The second kappa shape index (κ2) is 6.51. The molecule has 0 fully saturated rings. The lowest BCUT2D eigenvalue weighted by atomic mass is 9.93. The summed E-state index contributed by atoms with van der Waals surface area (Å²) in [6.45, 7) is 6.32. The van der Waals surface area contributed by atoms with Crippen LogP contribution < -0.4 is 5.32 Å². The van der Waals surface area contributed by atoms with E-state index in [9.17, 15) is 4.79 Å². The number of carbonyl (C=O) groups is 1. The minimum Gasteiger partial charge on any atom is -0.302 e. The molecule has 120 valence electrons. The van der Waals surface area contributed by atoms with Gasteiger partial charge in [0.1, 0.15) is 5.01 Å². The van der Waals surface area contributed by atoms with E-state index in [1.54, 1.807) is 22.7 Å². The van der Waals surface area contributed by atoms with E-state index < -0.39 is 0 Å². The molecule has 23 heavy (non-hydrogen) atoms. The Kier molecular flexibility index (Phi) is 4.61. The van der Waals surface area contributed by atoms with Crippen molar-refractivity contribution < 1.29 is 4.79 Å². The molecule has 4 nitrogen and oxygen atoms in total. The summed E-state index contributed by atoms with van der Waals surface area (Å²) in [6.07, 6.45) is 0.270. The number of hydrogen-bond acceptors (Lipinski definition) is 6. The van der Waals surface area contributed by atoms with E-state index >= 15 is 0 Å². The summed E-state index contributed by atoms with van der Waals surface area (Å²) in [5, 5.41) is 10.4. The zero-order chi connectivity index (χ0) is 16.4. The average molecular weight is 364 g/mol. The average Bonchev–Trinajstić information content (AvgIpc) is 3.17. The minimum atomic E-state index is -0.0807. The molecule has 3 heterocycles. The Hall–Kier alpha value is -1.57. The second-order valence-corrected chi connectivity index (χ2v) is 8.80. The zero-order valence-electron chi connectivity index (χ0n) is 13.1. The number of aromatic nitrogens is 2. The number of thiophene rings is 1. The Morgan fingerprint density at radius 1 is 1.17 bits per heavy atom. The molecule has 3 aromatic heterocycles. The van der Waals surface area contributed by atoms with Gasteiger partial charge in [0.25, 0.3) is 0 Å². The summed E-state index contributed by atoms with van der Waals surface area (Å²) in [5.74, 6) is -0.0807. The number of anilines is 1. The van der Waals surface area contributed by atoms with Crippen molar-refractivity contribution >= 4 is 45.0 Å². The van der Waals surface area contributed by atoms with Gasteiger partial charge < -0.3 is 5.32 Å². The van der Waals surface area contributed by atoms with Crippen LogP contribution in [0.5, 0.6) is 0 Å². The summed E-state index contributed by atoms with van der Waals surface area (Å²) in [6, 6.07) is 4.04. The van der Waals surface area contributed by atoms with Gasteiger partial charge in [0.15, 0.2) is 5.13 Å². The van der Waals surface area contributed by atoms with Crippen LogP contribution in [0.3, 0.4) is 0 Å². The number of nitrogens with one attached hydrogen (secondary N) is 1. The highest BCUT2D eigenvalue weighted by molar-refractivity contribution is 7.20. The fourth-order valence-electron chi connectivity index (χ4n) is 1.91. The minimum absolute atomic E-state index is 0.00992. The molecule has 0 aromatic carbocycles. The molecule has 1 N–H and O–H groups in total. The van der Waals surface area contributed by atoms with Crippen molar-refractivity contribution in [3.8, 4) is 9.88 Å². The molecule has 0 aliphatic carbocycles. The molecule has 0 aliphatic heterocycles. The summed E-state index contributed by atoms with van der Waals surface area (Å²) in [5.41, 5.74) is 1.78. The molecule has 3 aromatic rings. The molecule has 0 spiro atoms. The van der Waals surface area contributed by atoms with Crippen LogP contribution in [-0.2, 0) is 16.6 Å². The lowest BCUT2D eigenvalue weighted by Gasteiger charge is -2.14. The first-order valence-corrected chi connectivity index (χ1v) is 9.80. The van der Waals surface area contributed by atoms with E-state index in [1.807, 2.05) is 28.3 Å². The maximum Gasteiger partial charge on any atom is 0.232 e. The molecule has 0 atom stereocenters. The van der Waals surface area contributed by atoms with Crippen LogP contribution in [-0.4, -0.2) is 15.9 Å². The smallest absolute Gasteiger partial charge is 0.232 e. The SMILES string of the molecule is CC(C)(C)c1csc(NC(=O)Cc2csc(-c3cccs3)n2)n1. The van der Waals surface area contributed by atoms with Gasteiger partial charge in [0.05, 0.1) is 22.7 Å². The summed E-state index contributed by atoms with van der Waals surface area (Å²) >= 11 is 4.68. The van der Waals surface area contributed by atoms with Crippen LogP contribution in [0, 0.1) is 0 Å². The van der Waals surface area contributed by atoms with E-state index in [1.165, 1.54) is 11.3 Å². The summed E-state index contributed by atoms with van der Waals surface area (Å²) in [4.78, 5) is 22.3. The highest BCUT2D eigenvalue weighted by Gasteiger charge is 2.18. The van der Waals surface area contributed by atoms with Gasteiger partial charge in [0, 0.05) is 16.2 Å². The van der Waals surface area contributed by atoms with Crippen molar-refractivity contribution in [3.05, 3.63) is 39.7 Å².